The molecule has 0 aliphatic rings. The Labute approximate surface area is 158 Å². The zero-order chi connectivity index (χ0) is 19.7. The fourth-order valence-corrected chi connectivity index (χ4v) is 3.17. The molecule has 0 amide bonds. The first kappa shape index (κ1) is 20.5. The van der Waals surface area contributed by atoms with Crippen molar-refractivity contribution in [1.82, 2.24) is 0 Å². The van der Waals surface area contributed by atoms with Crippen molar-refractivity contribution in [3.63, 3.8) is 0 Å². The van der Waals surface area contributed by atoms with Gasteiger partial charge in [-0.15, -0.1) is 4.91 Å². The molecule has 0 bridgehead atoms. The van der Waals surface area contributed by atoms with Gasteiger partial charge in [0.1, 0.15) is 11.5 Å². The number of hydrogen-bond acceptors (Lipinski definition) is 4. The average molecular weight is 426 g/mol. The Hall–Kier alpha value is -1.77. The van der Waals surface area contributed by atoms with E-state index in [0.29, 0.717) is 0 Å². The molecular weight excluding hydrogens is 414 g/mol. The van der Waals surface area contributed by atoms with Crippen molar-refractivity contribution < 1.29 is 22.7 Å². The van der Waals surface area contributed by atoms with Gasteiger partial charge in [0.25, 0.3) is 0 Å². The maximum atomic E-state index is 12.7. The topological polar surface area (TPSA) is 55.7 Å². The number of alkyl halides is 3. The third kappa shape index (κ3) is 4.49. The molecule has 0 aliphatic carbocycles. The van der Waals surface area contributed by atoms with Gasteiger partial charge in [-0.1, -0.05) is 23.2 Å². The first-order valence-corrected chi connectivity index (χ1v) is 10.1. The standard InChI is InChI=1S/C16H12Cl2F3NO3S/c1-26(2,22-24)15(23)11-8-10(4-5-12(11)17)25-14-6-3-9(7-13(14)18)16(19,20)21/h3-8H,1-2H3. The van der Waals surface area contributed by atoms with Gasteiger partial charge in [0, 0.05) is 0 Å². The van der Waals surface area contributed by atoms with Crippen LogP contribution in [-0.2, 0) is 6.18 Å². The molecule has 26 heavy (non-hydrogen) atoms. The van der Waals surface area contributed by atoms with Crippen LogP contribution < -0.4 is 4.74 Å². The van der Waals surface area contributed by atoms with E-state index >= 15 is 0 Å². The number of ether oxygens (including phenoxy) is 1. The van der Waals surface area contributed by atoms with E-state index in [0.717, 1.165) is 18.2 Å². The molecule has 0 N–H and O–H groups in total. The molecular formula is C16H12Cl2F3NO3S. The van der Waals surface area contributed by atoms with E-state index in [2.05, 4.69) is 4.58 Å². The minimum absolute atomic E-state index is 0.0273. The van der Waals surface area contributed by atoms with Gasteiger partial charge in [-0.25, -0.2) is 0 Å². The normalized spacial score (nSPS) is 12.6. The molecule has 0 spiro atoms. The van der Waals surface area contributed by atoms with E-state index in [1.807, 2.05) is 0 Å². The summed E-state index contributed by atoms with van der Waals surface area (Å²) in [6, 6.07) is 6.73. The van der Waals surface area contributed by atoms with Crippen molar-refractivity contribution in [2.24, 2.45) is 4.58 Å². The summed E-state index contributed by atoms with van der Waals surface area (Å²) in [5.74, 6) is 0.0982. The van der Waals surface area contributed by atoms with E-state index in [4.69, 9.17) is 27.9 Å². The monoisotopic (exact) mass is 425 g/mol. The van der Waals surface area contributed by atoms with Crippen molar-refractivity contribution in [1.29, 1.82) is 0 Å². The Morgan fingerprint density at radius 2 is 1.73 bits per heavy atom. The van der Waals surface area contributed by atoms with Gasteiger partial charge in [-0.2, -0.15) is 13.2 Å². The lowest BCUT2D eigenvalue weighted by molar-refractivity contribution is -0.137. The molecule has 0 radical (unpaired) electrons. The number of carbonyl (C=O) groups is 1. The van der Waals surface area contributed by atoms with E-state index in [-0.39, 0.29) is 27.1 Å². The molecule has 4 nitrogen and oxygen atoms in total. The molecule has 10 heteroatoms. The largest absolute Gasteiger partial charge is 0.456 e. The van der Waals surface area contributed by atoms with Crippen LogP contribution in [0.1, 0.15) is 15.9 Å². The van der Waals surface area contributed by atoms with Crippen LogP contribution in [0.2, 0.25) is 10.0 Å². The first-order chi connectivity index (χ1) is 12.0. The highest BCUT2D eigenvalue weighted by atomic mass is 35.5. The zero-order valence-corrected chi connectivity index (χ0v) is 15.8. The van der Waals surface area contributed by atoms with Gasteiger partial charge < -0.3 is 4.74 Å². The molecule has 140 valence electrons. The Kier molecular flexibility index (Phi) is 5.89. The van der Waals surface area contributed by atoms with Crippen molar-refractivity contribution in [3.05, 3.63) is 62.5 Å². The van der Waals surface area contributed by atoms with Gasteiger partial charge in [0.05, 0.1) is 21.2 Å². The summed E-state index contributed by atoms with van der Waals surface area (Å²) in [6.07, 6.45) is -1.70. The van der Waals surface area contributed by atoms with Gasteiger partial charge in [0.2, 0.25) is 5.12 Å². The predicted molar refractivity (Wildman–Crippen MR) is 97.5 cm³/mol. The predicted octanol–water partition coefficient (Wildman–Crippen LogP) is 6.69. The van der Waals surface area contributed by atoms with Gasteiger partial charge in [0.15, 0.2) is 0 Å². The number of carbonyl (C=O) groups excluding carboxylic acids is 1. The van der Waals surface area contributed by atoms with Crippen LogP contribution in [-0.4, -0.2) is 17.6 Å². The van der Waals surface area contributed by atoms with Crippen molar-refractivity contribution in [2.75, 3.05) is 12.5 Å². The molecule has 0 fully saturated rings. The number of hydrogen-bond donors (Lipinski definition) is 0. The number of halogens is 5. The van der Waals surface area contributed by atoms with E-state index in [1.165, 1.54) is 30.7 Å². The van der Waals surface area contributed by atoms with Crippen LogP contribution in [0, 0.1) is 4.91 Å². The molecule has 2 aromatic carbocycles. The van der Waals surface area contributed by atoms with Gasteiger partial charge >= 0.3 is 6.18 Å². The van der Waals surface area contributed by atoms with Crippen LogP contribution in [0.4, 0.5) is 13.2 Å². The van der Waals surface area contributed by atoms with Crippen molar-refractivity contribution in [2.45, 2.75) is 6.18 Å². The van der Waals surface area contributed by atoms with E-state index < -0.39 is 27.1 Å². The number of nitrogens with zero attached hydrogens (tertiary/aromatic N) is 1. The fraction of sp³-hybridized carbons (Fsp3) is 0.188. The Morgan fingerprint density at radius 1 is 1.08 bits per heavy atom. The second kappa shape index (κ2) is 7.46. The maximum Gasteiger partial charge on any atom is 0.416 e. The number of rotatable bonds is 4. The van der Waals surface area contributed by atoms with Crippen LogP contribution in [0.15, 0.2) is 41.0 Å². The minimum atomic E-state index is -4.53. The molecule has 0 heterocycles. The van der Waals surface area contributed by atoms with Gasteiger partial charge in [-0.3, -0.25) is 4.79 Å². The number of benzene rings is 2. The quantitative estimate of drug-likeness (QED) is 0.512. The van der Waals surface area contributed by atoms with Crippen molar-refractivity contribution >= 4 is 38.5 Å². The zero-order valence-electron chi connectivity index (χ0n) is 13.4. The summed E-state index contributed by atoms with van der Waals surface area (Å²) in [5, 5.41) is -0.685. The molecule has 0 aliphatic heterocycles. The SMILES string of the molecule is CS(C)(N=O)C(=O)c1cc(Oc2ccc(C(F)(F)F)cc2Cl)ccc1Cl. The highest BCUT2D eigenvalue weighted by Crippen LogP contribution is 2.46. The molecule has 0 unspecified atom stereocenters. The Balaban J connectivity index is 2.36. The van der Waals surface area contributed by atoms with Crippen LogP contribution in [0.3, 0.4) is 0 Å². The number of nitroso groups, excluding NO2 is 1. The first-order valence-electron chi connectivity index (χ1n) is 6.92. The molecule has 0 saturated heterocycles. The molecule has 0 aromatic heterocycles. The lowest BCUT2D eigenvalue weighted by atomic mass is 10.2. The summed E-state index contributed by atoms with van der Waals surface area (Å²) < 4.78 is 46.3. The highest BCUT2D eigenvalue weighted by molar-refractivity contribution is 8.43. The molecule has 0 atom stereocenters. The molecule has 2 rings (SSSR count). The lowest BCUT2D eigenvalue weighted by Gasteiger charge is -2.20. The van der Waals surface area contributed by atoms with Crippen LogP contribution in [0.25, 0.3) is 0 Å². The smallest absolute Gasteiger partial charge is 0.416 e. The Bertz CT molecular complexity index is 872. The molecule has 2 aromatic rings. The summed E-state index contributed by atoms with van der Waals surface area (Å²) in [6.45, 7) is 0. The third-order valence-electron chi connectivity index (χ3n) is 3.28. The average Bonchev–Trinajstić information content (AvgIpc) is 2.56. The lowest BCUT2D eigenvalue weighted by Crippen LogP contribution is -2.08. The second-order valence-electron chi connectivity index (χ2n) is 5.52. The summed E-state index contributed by atoms with van der Waals surface area (Å²) in [5.41, 5.74) is -0.879. The van der Waals surface area contributed by atoms with Crippen molar-refractivity contribution in [3.8, 4) is 11.5 Å². The summed E-state index contributed by atoms with van der Waals surface area (Å²) in [4.78, 5) is 23.3. The van der Waals surface area contributed by atoms with Crippen LogP contribution in [0.5, 0.6) is 11.5 Å². The van der Waals surface area contributed by atoms with E-state index in [1.54, 1.807) is 0 Å². The van der Waals surface area contributed by atoms with E-state index in [9.17, 15) is 22.9 Å². The van der Waals surface area contributed by atoms with Gasteiger partial charge in [-0.05, 0) is 63.7 Å². The highest BCUT2D eigenvalue weighted by Gasteiger charge is 2.31. The second-order valence-corrected chi connectivity index (χ2v) is 9.40. The summed E-state index contributed by atoms with van der Waals surface area (Å²) >= 11 is 11.8. The minimum Gasteiger partial charge on any atom is -0.456 e. The van der Waals surface area contributed by atoms with Crippen LogP contribution >= 0.6 is 33.4 Å². The maximum absolute atomic E-state index is 12.7. The summed E-state index contributed by atoms with van der Waals surface area (Å²) in [7, 11) is -2.45. The molecule has 0 saturated carbocycles. The third-order valence-corrected chi connectivity index (χ3v) is 5.41. The fourth-order valence-electron chi connectivity index (χ4n) is 1.91. The Morgan fingerprint density at radius 3 is 2.27 bits per heavy atom.